The molecular weight excluding hydrogens is 322 g/mol. The molecule has 2 aromatic rings. The van der Waals surface area contributed by atoms with Crippen LogP contribution in [0.4, 0.5) is 0 Å². The Balaban J connectivity index is 1.79. The average Bonchev–Trinajstić information content (AvgIpc) is 3.09. The third-order valence-electron chi connectivity index (χ3n) is 4.19. The maximum absolute atomic E-state index is 12.6. The van der Waals surface area contributed by atoms with Crippen LogP contribution in [0.1, 0.15) is 25.7 Å². The number of rotatable bonds is 6. The van der Waals surface area contributed by atoms with Crippen molar-refractivity contribution in [1.29, 1.82) is 0 Å². The normalized spacial score (nSPS) is 14.8. The van der Waals surface area contributed by atoms with Gasteiger partial charge in [-0.15, -0.1) is 6.58 Å². The number of fused-ring (bicyclic) bond motifs is 1. The predicted octanol–water partition coefficient (Wildman–Crippen LogP) is 2.73. The molecule has 126 valence electrons. The zero-order valence-corrected chi connectivity index (χ0v) is 14.3. The van der Waals surface area contributed by atoms with Crippen LogP contribution < -0.4 is 10.9 Å². The molecule has 0 saturated heterocycles. The van der Waals surface area contributed by atoms with E-state index < -0.39 is 0 Å². The van der Waals surface area contributed by atoms with Crippen molar-refractivity contribution in [2.45, 2.75) is 43.4 Å². The summed E-state index contributed by atoms with van der Waals surface area (Å²) >= 11 is 1.30. The number of benzene rings is 1. The van der Waals surface area contributed by atoms with Gasteiger partial charge >= 0.3 is 0 Å². The van der Waals surface area contributed by atoms with E-state index in [1.165, 1.54) is 24.6 Å². The number of aromatic nitrogens is 2. The number of para-hydroxylation sites is 1. The maximum Gasteiger partial charge on any atom is 0.262 e. The molecule has 0 atom stereocenters. The van der Waals surface area contributed by atoms with Gasteiger partial charge in [-0.25, -0.2) is 4.98 Å². The lowest BCUT2D eigenvalue weighted by atomic mass is 10.2. The smallest absolute Gasteiger partial charge is 0.262 e. The summed E-state index contributed by atoms with van der Waals surface area (Å²) in [5.41, 5.74) is 0.556. The van der Waals surface area contributed by atoms with Crippen LogP contribution in [0.15, 0.2) is 46.9 Å². The largest absolute Gasteiger partial charge is 0.353 e. The van der Waals surface area contributed by atoms with Gasteiger partial charge in [0.2, 0.25) is 5.91 Å². The van der Waals surface area contributed by atoms with Crippen molar-refractivity contribution < 1.29 is 4.79 Å². The monoisotopic (exact) mass is 343 g/mol. The summed E-state index contributed by atoms with van der Waals surface area (Å²) in [7, 11) is 0. The standard InChI is InChI=1S/C18H21N3O2S/c1-2-11-21-17(23)14-9-5-6-10-15(14)20-18(21)24-12-16(22)19-13-7-3-4-8-13/h2,5-6,9-10,13H,1,3-4,7-8,11-12H2,(H,19,22). The minimum Gasteiger partial charge on any atom is -0.353 e. The Morgan fingerprint density at radius 2 is 2.12 bits per heavy atom. The van der Waals surface area contributed by atoms with E-state index >= 15 is 0 Å². The fourth-order valence-corrected chi connectivity index (χ4v) is 3.84. The summed E-state index contributed by atoms with van der Waals surface area (Å²) in [6.07, 6.45) is 6.16. The van der Waals surface area contributed by atoms with Crippen molar-refractivity contribution in [2.75, 3.05) is 5.75 Å². The van der Waals surface area contributed by atoms with Crippen LogP contribution in [0.2, 0.25) is 0 Å². The highest BCUT2D eigenvalue weighted by molar-refractivity contribution is 7.99. The molecular formula is C18H21N3O2S. The maximum atomic E-state index is 12.6. The van der Waals surface area contributed by atoms with Gasteiger partial charge in [-0.3, -0.25) is 14.2 Å². The number of nitrogens with one attached hydrogen (secondary N) is 1. The first-order valence-corrected chi connectivity index (χ1v) is 9.20. The van der Waals surface area contributed by atoms with Crippen molar-refractivity contribution in [3.63, 3.8) is 0 Å². The molecule has 1 N–H and O–H groups in total. The van der Waals surface area contributed by atoms with Crippen molar-refractivity contribution in [3.05, 3.63) is 47.3 Å². The van der Waals surface area contributed by atoms with Crippen molar-refractivity contribution >= 4 is 28.6 Å². The quantitative estimate of drug-likeness (QED) is 0.498. The van der Waals surface area contributed by atoms with Crippen LogP contribution in [0, 0.1) is 0 Å². The van der Waals surface area contributed by atoms with Crippen LogP contribution in [0.25, 0.3) is 10.9 Å². The number of hydrogen-bond acceptors (Lipinski definition) is 4. The Labute approximate surface area is 145 Å². The lowest BCUT2D eigenvalue weighted by molar-refractivity contribution is -0.119. The second-order valence-corrected chi connectivity index (χ2v) is 6.90. The van der Waals surface area contributed by atoms with Gasteiger partial charge in [0.1, 0.15) is 0 Å². The van der Waals surface area contributed by atoms with Gasteiger partial charge in [-0.05, 0) is 25.0 Å². The molecule has 1 aliphatic carbocycles. The predicted molar refractivity (Wildman–Crippen MR) is 97.3 cm³/mol. The Morgan fingerprint density at radius 3 is 2.88 bits per heavy atom. The highest BCUT2D eigenvalue weighted by atomic mass is 32.2. The summed E-state index contributed by atoms with van der Waals surface area (Å²) in [6.45, 7) is 4.08. The Morgan fingerprint density at radius 1 is 1.38 bits per heavy atom. The molecule has 1 aromatic carbocycles. The molecule has 1 saturated carbocycles. The van der Waals surface area contributed by atoms with Crippen LogP contribution in [0.3, 0.4) is 0 Å². The van der Waals surface area contributed by atoms with Gasteiger partial charge in [0.25, 0.3) is 5.56 Å². The van der Waals surface area contributed by atoms with E-state index in [9.17, 15) is 9.59 Å². The molecule has 0 spiro atoms. The summed E-state index contributed by atoms with van der Waals surface area (Å²) in [4.78, 5) is 29.3. The third kappa shape index (κ3) is 3.70. The zero-order chi connectivity index (χ0) is 16.9. The number of hydrogen-bond donors (Lipinski definition) is 1. The van der Waals surface area contributed by atoms with Crippen LogP contribution in [-0.4, -0.2) is 27.3 Å². The summed E-state index contributed by atoms with van der Waals surface area (Å²) in [5.74, 6) is 0.262. The van der Waals surface area contributed by atoms with Crippen molar-refractivity contribution in [3.8, 4) is 0 Å². The molecule has 24 heavy (non-hydrogen) atoms. The van der Waals surface area contributed by atoms with E-state index in [0.29, 0.717) is 28.6 Å². The molecule has 5 nitrogen and oxygen atoms in total. The topological polar surface area (TPSA) is 64.0 Å². The number of carbonyl (C=O) groups excluding carboxylic acids is 1. The third-order valence-corrected chi connectivity index (χ3v) is 5.17. The average molecular weight is 343 g/mol. The lowest BCUT2D eigenvalue weighted by Gasteiger charge is -2.13. The van der Waals surface area contributed by atoms with E-state index in [4.69, 9.17) is 0 Å². The summed E-state index contributed by atoms with van der Waals surface area (Å²) < 4.78 is 1.57. The van der Waals surface area contributed by atoms with E-state index in [1.54, 1.807) is 16.7 Å². The van der Waals surface area contributed by atoms with Gasteiger partial charge < -0.3 is 5.32 Å². The fourth-order valence-electron chi connectivity index (χ4n) is 3.02. The SMILES string of the molecule is C=CCn1c(SCC(=O)NC2CCCC2)nc2ccccc2c1=O. The summed E-state index contributed by atoms with van der Waals surface area (Å²) in [5, 5.41) is 4.20. The molecule has 0 aliphatic heterocycles. The molecule has 0 unspecified atom stereocenters. The number of carbonyl (C=O) groups is 1. The Bertz CT molecular complexity index is 810. The zero-order valence-electron chi connectivity index (χ0n) is 13.5. The van der Waals surface area contributed by atoms with Crippen LogP contribution in [0.5, 0.6) is 0 Å². The van der Waals surface area contributed by atoms with E-state index in [-0.39, 0.29) is 17.2 Å². The molecule has 1 aliphatic rings. The highest BCUT2D eigenvalue weighted by Gasteiger charge is 2.18. The van der Waals surface area contributed by atoms with E-state index in [0.717, 1.165) is 12.8 Å². The highest BCUT2D eigenvalue weighted by Crippen LogP contribution is 2.20. The molecule has 0 bridgehead atoms. The number of thioether (sulfide) groups is 1. The van der Waals surface area contributed by atoms with Gasteiger partial charge in [0.15, 0.2) is 5.16 Å². The summed E-state index contributed by atoms with van der Waals surface area (Å²) in [6, 6.07) is 7.57. The molecule has 1 fully saturated rings. The lowest BCUT2D eigenvalue weighted by Crippen LogP contribution is -2.34. The molecule has 1 amide bonds. The first-order chi connectivity index (χ1) is 11.7. The molecule has 1 aromatic heterocycles. The van der Waals surface area contributed by atoms with Gasteiger partial charge in [0.05, 0.1) is 16.7 Å². The van der Waals surface area contributed by atoms with Gasteiger partial charge in [-0.1, -0.05) is 42.8 Å². The molecule has 3 rings (SSSR count). The number of nitrogens with zero attached hydrogens (tertiary/aromatic N) is 2. The minimum atomic E-state index is -0.0980. The number of amides is 1. The number of allylic oxidation sites excluding steroid dienone is 1. The van der Waals surface area contributed by atoms with Gasteiger partial charge in [0, 0.05) is 12.6 Å². The minimum absolute atomic E-state index is 0.000499. The van der Waals surface area contributed by atoms with Gasteiger partial charge in [-0.2, -0.15) is 0 Å². The molecule has 6 heteroatoms. The fraction of sp³-hybridized carbons (Fsp3) is 0.389. The van der Waals surface area contributed by atoms with Crippen molar-refractivity contribution in [1.82, 2.24) is 14.9 Å². The Hall–Kier alpha value is -2.08. The van der Waals surface area contributed by atoms with Crippen LogP contribution >= 0.6 is 11.8 Å². The van der Waals surface area contributed by atoms with Crippen LogP contribution in [-0.2, 0) is 11.3 Å². The second kappa shape index (κ2) is 7.66. The van der Waals surface area contributed by atoms with E-state index in [2.05, 4.69) is 16.9 Å². The first-order valence-electron chi connectivity index (χ1n) is 8.21. The first kappa shape index (κ1) is 16.8. The Kier molecular flexibility index (Phi) is 5.35. The molecule has 1 heterocycles. The van der Waals surface area contributed by atoms with E-state index in [1.807, 2.05) is 18.2 Å². The molecule has 0 radical (unpaired) electrons. The van der Waals surface area contributed by atoms with Crippen molar-refractivity contribution in [2.24, 2.45) is 0 Å². The second-order valence-electron chi connectivity index (χ2n) is 5.95.